The second-order valence-electron chi connectivity index (χ2n) is 8.71. The topological polar surface area (TPSA) is 66.8 Å². The molecule has 3 aromatic carbocycles. The van der Waals surface area contributed by atoms with Crippen LogP contribution in [0.5, 0.6) is 11.5 Å². The van der Waals surface area contributed by atoms with Crippen molar-refractivity contribution in [3.05, 3.63) is 83.4 Å². The Hall–Kier alpha value is -2.69. The number of hydrogen-bond donors (Lipinski definition) is 2. The Balaban J connectivity index is 1.73. The van der Waals surface area contributed by atoms with E-state index in [2.05, 4.69) is 0 Å². The summed E-state index contributed by atoms with van der Waals surface area (Å²) in [6.07, 6.45) is -0.399. The van der Waals surface area contributed by atoms with Crippen LogP contribution in [0.25, 0.3) is 0 Å². The number of halogens is 2. The third-order valence-corrected chi connectivity index (χ3v) is 9.97. The second-order valence-corrected chi connectivity index (χ2v) is 11.7. The predicted octanol–water partition coefficient (Wildman–Crippen LogP) is 4.96. The molecule has 0 aliphatic heterocycles. The molecule has 3 atom stereocenters. The van der Waals surface area contributed by atoms with Crippen LogP contribution in [0, 0.1) is 25.5 Å². The predicted molar refractivity (Wildman–Crippen MR) is 125 cm³/mol. The lowest BCUT2D eigenvalue weighted by Gasteiger charge is -2.39. The molecule has 0 radical (unpaired) electrons. The Labute approximate surface area is 192 Å². The Morgan fingerprint density at radius 2 is 1.39 bits per heavy atom. The maximum Gasteiger partial charge on any atom is 0.164 e. The number of benzene rings is 3. The van der Waals surface area contributed by atoms with E-state index in [1.54, 1.807) is 0 Å². The van der Waals surface area contributed by atoms with E-state index >= 15 is 0 Å². The third-order valence-electron chi connectivity index (χ3n) is 6.35. The normalized spacial score (nSPS) is 21.1. The number of aryl methyl sites for hydroxylation is 2. The van der Waals surface area contributed by atoms with Crippen molar-refractivity contribution in [3.63, 3.8) is 0 Å². The summed E-state index contributed by atoms with van der Waals surface area (Å²) >= 11 is 0. The smallest absolute Gasteiger partial charge is 0.164 e. The summed E-state index contributed by atoms with van der Waals surface area (Å²) in [5.41, 5.74) is 1.44. The fourth-order valence-corrected chi connectivity index (χ4v) is 7.90. The molecule has 33 heavy (non-hydrogen) atoms. The lowest BCUT2D eigenvalue weighted by Crippen LogP contribution is -2.47. The summed E-state index contributed by atoms with van der Waals surface area (Å²) in [5, 5.41) is 22.6. The number of ether oxygens (including phenoxy) is 1. The van der Waals surface area contributed by atoms with E-state index in [1.165, 1.54) is 0 Å². The summed E-state index contributed by atoms with van der Waals surface area (Å²) in [4.78, 5) is 0. The van der Waals surface area contributed by atoms with Crippen LogP contribution in [-0.4, -0.2) is 28.1 Å². The fourth-order valence-electron chi connectivity index (χ4n) is 4.48. The van der Waals surface area contributed by atoms with E-state index in [1.807, 2.05) is 62.4 Å². The molecule has 0 heterocycles. The van der Waals surface area contributed by atoms with E-state index in [0.717, 1.165) is 17.2 Å². The number of rotatable bonds is 5. The molecule has 0 bridgehead atoms. The van der Waals surface area contributed by atoms with Gasteiger partial charge >= 0.3 is 0 Å². The zero-order valence-electron chi connectivity index (χ0n) is 18.5. The van der Waals surface area contributed by atoms with Gasteiger partial charge in [-0.2, -0.15) is 0 Å². The molecule has 0 saturated heterocycles. The summed E-state index contributed by atoms with van der Waals surface area (Å²) in [6, 6.07) is 16.4. The van der Waals surface area contributed by atoms with Crippen LogP contribution < -0.4 is 15.3 Å². The van der Waals surface area contributed by atoms with Crippen molar-refractivity contribution in [3.8, 4) is 11.5 Å². The number of hydrogen-bond acceptors (Lipinski definition) is 4. The largest absolute Gasteiger partial charge is 0.504 e. The Bertz CT molecular complexity index is 1130. The monoisotopic (exact) mass is 472 g/mol. The van der Waals surface area contributed by atoms with Crippen LogP contribution >= 0.6 is 7.14 Å². The zero-order chi connectivity index (χ0) is 23.8. The second kappa shape index (κ2) is 9.28. The molecule has 0 amide bonds. The minimum Gasteiger partial charge on any atom is -0.504 e. The minimum atomic E-state index is -3.29. The first-order valence-corrected chi connectivity index (χ1v) is 12.7. The number of aromatic hydroxyl groups is 1. The van der Waals surface area contributed by atoms with Gasteiger partial charge in [0.1, 0.15) is 19.3 Å². The Morgan fingerprint density at radius 3 is 1.94 bits per heavy atom. The van der Waals surface area contributed by atoms with Gasteiger partial charge in [-0.1, -0.05) is 59.7 Å². The van der Waals surface area contributed by atoms with Gasteiger partial charge in [-0.15, -0.1) is 0 Å². The number of aliphatic hydroxyl groups is 1. The molecule has 2 N–H and O–H groups in total. The van der Waals surface area contributed by atoms with Crippen LogP contribution in [0.15, 0.2) is 60.7 Å². The summed E-state index contributed by atoms with van der Waals surface area (Å²) in [5.74, 6) is -3.15. The Morgan fingerprint density at radius 1 is 0.879 bits per heavy atom. The van der Waals surface area contributed by atoms with Crippen molar-refractivity contribution in [2.24, 2.45) is 0 Å². The van der Waals surface area contributed by atoms with Gasteiger partial charge in [-0.05, 0) is 33.1 Å². The van der Waals surface area contributed by atoms with Crippen molar-refractivity contribution in [2.45, 2.75) is 51.0 Å². The van der Waals surface area contributed by atoms with E-state index in [4.69, 9.17) is 4.74 Å². The molecule has 0 aromatic heterocycles. The van der Waals surface area contributed by atoms with Crippen molar-refractivity contribution in [1.82, 2.24) is 0 Å². The SMILES string of the molecule is Cc1ccc(P(=O)(c2ccc(C)cc2)[C@H]2CCC[C@@H](Oc3cc(F)c(F)cc3O)[C@@H]2O)cc1. The molecular formula is C26H27F2O4P. The lowest BCUT2D eigenvalue weighted by molar-refractivity contribution is 0.00808. The quantitative estimate of drug-likeness (QED) is 0.515. The van der Waals surface area contributed by atoms with Gasteiger partial charge in [-0.25, -0.2) is 8.78 Å². The first-order chi connectivity index (χ1) is 15.7. The van der Waals surface area contributed by atoms with Gasteiger partial charge in [0.15, 0.2) is 23.1 Å². The van der Waals surface area contributed by atoms with Gasteiger partial charge in [0.2, 0.25) is 0 Å². The average molecular weight is 472 g/mol. The first kappa shape index (κ1) is 23.5. The van der Waals surface area contributed by atoms with Crippen LogP contribution in [0.4, 0.5) is 8.78 Å². The highest BCUT2D eigenvalue weighted by molar-refractivity contribution is 7.79. The number of phenols is 1. The molecule has 4 nitrogen and oxygen atoms in total. The number of phenolic OH excluding ortho intramolecular Hbond substituents is 1. The Kier molecular flexibility index (Phi) is 6.60. The molecule has 1 saturated carbocycles. The van der Waals surface area contributed by atoms with Crippen LogP contribution in [-0.2, 0) is 4.57 Å². The average Bonchev–Trinajstić information content (AvgIpc) is 2.79. The zero-order valence-corrected chi connectivity index (χ0v) is 19.4. The van der Waals surface area contributed by atoms with Crippen molar-refractivity contribution >= 4 is 17.8 Å². The van der Waals surface area contributed by atoms with Crippen LogP contribution in [0.2, 0.25) is 0 Å². The summed E-state index contributed by atoms with van der Waals surface area (Å²) in [6.45, 7) is 3.91. The summed E-state index contributed by atoms with van der Waals surface area (Å²) in [7, 11) is -3.29. The summed E-state index contributed by atoms with van der Waals surface area (Å²) < 4.78 is 47.6. The molecular weight excluding hydrogens is 445 g/mol. The van der Waals surface area contributed by atoms with E-state index in [0.29, 0.717) is 35.9 Å². The standard InChI is InChI=1S/C26H27F2O4P/c1-16-6-10-18(11-7-16)33(31,19-12-8-17(2)9-13-19)25-5-3-4-23(26(25)30)32-24-15-21(28)20(27)14-22(24)29/h6-15,23,25-26,29-30H,3-5H2,1-2H3/t23-,25+,26+/m1/s1. The molecule has 1 fully saturated rings. The van der Waals surface area contributed by atoms with Gasteiger partial charge in [-0.3, -0.25) is 0 Å². The maximum atomic E-state index is 14.8. The minimum absolute atomic E-state index is 0.251. The molecule has 174 valence electrons. The molecule has 3 aromatic rings. The van der Waals surface area contributed by atoms with Crippen LogP contribution in [0.3, 0.4) is 0 Å². The highest BCUT2D eigenvalue weighted by atomic mass is 31.2. The van der Waals surface area contributed by atoms with E-state index in [-0.39, 0.29) is 5.75 Å². The van der Waals surface area contributed by atoms with E-state index < -0.39 is 42.4 Å². The molecule has 7 heteroatoms. The van der Waals surface area contributed by atoms with Crippen molar-refractivity contribution in [2.75, 3.05) is 0 Å². The first-order valence-electron chi connectivity index (χ1n) is 11.0. The molecule has 0 spiro atoms. The lowest BCUT2D eigenvalue weighted by atomic mass is 9.94. The van der Waals surface area contributed by atoms with Gasteiger partial charge < -0.3 is 19.5 Å². The third kappa shape index (κ3) is 4.55. The van der Waals surface area contributed by atoms with Gasteiger partial charge in [0, 0.05) is 28.4 Å². The fraction of sp³-hybridized carbons (Fsp3) is 0.308. The van der Waals surface area contributed by atoms with Crippen LogP contribution in [0.1, 0.15) is 30.4 Å². The van der Waals surface area contributed by atoms with Gasteiger partial charge in [0.25, 0.3) is 0 Å². The highest BCUT2D eigenvalue weighted by Gasteiger charge is 2.46. The van der Waals surface area contributed by atoms with Gasteiger partial charge in [0.05, 0.1) is 0 Å². The number of aliphatic hydroxyl groups excluding tert-OH is 1. The maximum absolute atomic E-state index is 14.8. The molecule has 0 unspecified atom stereocenters. The molecule has 1 aliphatic carbocycles. The highest BCUT2D eigenvalue weighted by Crippen LogP contribution is 2.54. The molecule has 1 aliphatic rings. The van der Waals surface area contributed by atoms with Crippen molar-refractivity contribution in [1.29, 1.82) is 0 Å². The van der Waals surface area contributed by atoms with E-state index in [9.17, 15) is 23.6 Å². The molecule has 4 rings (SSSR count). The van der Waals surface area contributed by atoms with Crippen molar-refractivity contribution < 1.29 is 28.3 Å².